The first-order valence-electron chi connectivity index (χ1n) is 7.71. The minimum absolute atomic E-state index is 0.196. The quantitative estimate of drug-likeness (QED) is 0.738. The average molecular weight is 253 g/mol. The van der Waals surface area contributed by atoms with E-state index in [1.165, 1.54) is 58.3 Å². The average Bonchev–Trinajstić information content (AvgIpc) is 3.03. The molecule has 104 valence electrons. The van der Waals surface area contributed by atoms with E-state index in [-0.39, 0.29) is 6.10 Å². The monoisotopic (exact) mass is 253 g/mol. The zero-order valence-corrected chi connectivity index (χ0v) is 11.4. The summed E-state index contributed by atoms with van der Waals surface area (Å²) in [6.07, 6.45) is 6.39. The molecule has 0 aromatic heterocycles. The van der Waals surface area contributed by atoms with Crippen LogP contribution in [0.25, 0.3) is 0 Å². The van der Waals surface area contributed by atoms with Gasteiger partial charge in [-0.25, -0.2) is 0 Å². The van der Waals surface area contributed by atoms with Crippen molar-refractivity contribution in [3.05, 3.63) is 0 Å². The number of nitrogens with one attached hydrogen (secondary N) is 1. The van der Waals surface area contributed by atoms with Crippen molar-refractivity contribution in [3.63, 3.8) is 0 Å². The Kier molecular flexibility index (Phi) is 4.19. The summed E-state index contributed by atoms with van der Waals surface area (Å²) in [5.74, 6) is 0. The first-order chi connectivity index (χ1) is 8.83. The Hall–Kier alpha value is -0.160. The SMILES string of the molecule is OC(CNC1CCN2CCCC12)CN1CCCC1. The fraction of sp³-hybridized carbons (Fsp3) is 1.00. The summed E-state index contributed by atoms with van der Waals surface area (Å²) < 4.78 is 0. The molecule has 2 N–H and O–H groups in total. The molecular formula is C14H27N3O. The van der Waals surface area contributed by atoms with Crippen LogP contribution in [0.2, 0.25) is 0 Å². The second-order valence-corrected chi connectivity index (χ2v) is 6.21. The van der Waals surface area contributed by atoms with Crippen LogP contribution >= 0.6 is 0 Å². The molecule has 0 aromatic carbocycles. The van der Waals surface area contributed by atoms with E-state index in [4.69, 9.17) is 0 Å². The third-order valence-electron chi connectivity index (χ3n) is 4.89. The molecule has 0 bridgehead atoms. The van der Waals surface area contributed by atoms with E-state index in [1.54, 1.807) is 0 Å². The van der Waals surface area contributed by atoms with Crippen molar-refractivity contribution in [2.45, 2.75) is 50.3 Å². The van der Waals surface area contributed by atoms with E-state index < -0.39 is 0 Å². The molecule has 3 rings (SSSR count). The lowest BCUT2D eigenvalue weighted by Gasteiger charge is -2.24. The van der Waals surface area contributed by atoms with Gasteiger partial charge in [-0.1, -0.05) is 0 Å². The van der Waals surface area contributed by atoms with Crippen LogP contribution < -0.4 is 5.32 Å². The molecule has 4 heteroatoms. The number of nitrogens with zero attached hydrogens (tertiary/aromatic N) is 2. The predicted molar refractivity (Wildman–Crippen MR) is 72.7 cm³/mol. The molecule has 0 aromatic rings. The van der Waals surface area contributed by atoms with Crippen molar-refractivity contribution in [1.82, 2.24) is 15.1 Å². The van der Waals surface area contributed by atoms with Gasteiger partial charge in [0.1, 0.15) is 0 Å². The summed E-state index contributed by atoms with van der Waals surface area (Å²) in [7, 11) is 0. The number of hydrogen-bond acceptors (Lipinski definition) is 4. The van der Waals surface area contributed by atoms with Crippen LogP contribution in [-0.2, 0) is 0 Å². The molecule has 3 aliphatic rings. The second-order valence-electron chi connectivity index (χ2n) is 6.21. The lowest BCUT2D eigenvalue weighted by Crippen LogP contribution is -2.45. The van der Waals surface area contributed by atoms with Gasteiger partial charge >= 0.3 is 0 Å². The van der Waals surface area contributed by atoms with Gasteiger partial charge < -0.3 is 15.3 Å². The lowest BCUT2D eigenvalue weighted by atomic mass is 10.1. The van der Waals surface area contributed by atoms with Crippen LogP contribution in [-0.4, -0.2) is 72.4 Å². The summed E-state index contributed by atoms with van der Waals surface area (Å²) >= 11 is 0. The van der Waals surface area contributed by atoms with Crippen LogP contribution in [0, 0.1) is 0 Å². The highest BCUT2D eigenvalue weighted by molar-refractivity contribution is 4.95. The fourth-order valence-corrected chi connectivity index (χ4v) is 3.94. The zero-order chi connectivity index (χ0) is 12.4. The minimum Gasteiger partial charge on any atom is -0.390 e. The third kappa shape index (κ3) is 2.87. The predicted octanol–water partition coefficient (Wildman–Crippen LogP) is 0.269. The van der Waals surface area contributed by atoms with Crippen molar-refractivity contribution >= 4 is 0 Å². The van der Waals surface area contributed by atoms with E-state index in [1.807, 2.05) is 0 Å². The molecule has 3 unspecified atom stereocenters. The van der Waals surface area contributed by atoms with Crippen molar-refractivity contribution < 1.29 is 5.11 Å². The minimum atomic E-state index is -0.196. The smallest absolute Gasteiger partial charge is 0.0791 e. The van der Waals surface area contributed by atoms with Crippen molar-refractivity contribution in [1.29, 1.82) is 0 Å². The van der Waals surface area contributed by atoms with Crippen LogP contribution in [0.4, 0.5) is 0 Å². The third-order valence-corrected chi connectivity index (χ3v) is 4.89. The Morgan fingerprint density at radius 3 is 2.72 bits per heavy atom. The highest BCUT2D eigenvalue weighted by Gasteiger charge is 2.36. The maximum absolute atomic E-state index is 10.1. The Bertz CT molecular complexity index is 268. The first kappa shape index (κ1) is 12.9. The summed E-state index contributed by atoms with van der Waals surface area (Å²) in [5, 5.41) is 13.7. The first-order valence-corrected chi connectivity index (χ1v) is 7.71. The van der Waals surface area contributed by atoms with Gasteiger partial charge in [0.25, 0.3) is 0 Å². The van der Waals surface area contributed by atoms with Gasteiger partial charge in [0, 0.05) is 31.7 Å². The number of aliphatic hydroxyl groups excluding tert-OH is 1. The number of rotatable bonds is 5. The highest BCUT2D eigenvalue weighted by Crippen LogP contribution is 2.27. The van der Waals surface area contributed by atoms with E-state index in [2.05, 4.69) is 15.1 Å². The Labute approximate surface area is 110 Å². The lowest BCUT2D eigenvalue weighted by molar-refractivity contribution is 0.118. The van der Waals surface area contributed by atoms with Gasteiger partial charge in [0.2, 0.25) is 0 Å². The summed E-state index contributed by atoms with van der Waals surface area (Å²) in [4.78, 5) is 5.01. The molecule has 0 saturated carbocycles. The van der Waals surface area contributed by atoms with Gasteiger partial charge in [-0.15, -0.1) is 0 Å². The van der Waals surface area contributed by atoms with Crippen LogP contribution in [0.15, 0.2) is 0 Å². The van der Waals surface area contributed by atoms with Gasteiger partial charge in [-0.2, -0.15) is 0 Å². The van der Waals surface area contributed by atoms with Gasteiger partial charge in [-0.05, 0) is 51.7 Å². The van der Waals surface area contributed by atoms with Crippen molar-refractivity contribution in [2.75, 3.05) is 39.3 Å². The summed E-state index contributed by atoms with van der Waals surface area (Å²) in [6.45, 7) is 6.52. The molecule has 0 radical (unpaired) electrons. The fourth-order valence-electron chi connectivity index (χ4n) is 3.94. The van der Waals surface area contributed by atoms with Gasteiger partial charge in [0.05, 0.1) is 6.10 Å². The Morgan fingerprint density at radius 2 is 1.89 bits per heavy atom. The number of aliphatic hydroxyl groups is 1. The number of fused-ring (bicyclic) bond motifs is 1. The van der Waals surface area contributed by atoms with E-state index >= 15 is 0 Å². The molecule has 3 atom stereocenters. The number of β-amino-alcohol motifs (C(OH)–C–C–N with tert-alkyl or cyclic N) is 1. The van der Waals surface area contributed by atoms with Crippen LogP contribution in [0.1, 0.15) is 32.1 Å². The molecule has 0 spiro atoms. The maximum atomic E-state index is 10.1. The van der Waals surface area contributed by atoms with Crippen LogP contribution in [0.5, 0.6) is 0 Å². The summed E-state index contributed by atoms with van der Waals surface area (Å²) in [5.41, 5.74) is 0. The summed E-state index contributed by atoms with van der Waals surface area (Å²) in [6, 6.07) is 1.38. The van der Waals surface area contributed by atoms with Gasteiger partial charge in [0.15, 0.2) is 0 Å². The molecule has 0 amide bonds. The second kappa shape index (κ2) is 5.87. The van der Waals surface area contributed by atoms with E-state index in [0.717, 1.165) is 19.1 Å². The molecule has 3 fully saturated rings. The molecule has 0 aliphatic carbocycles. The molecule has 4 nitrogen and oxygen atoms in total. The largest absolute Gasteiger partial charge is 0.390 e. The number of likely N-dealkylation sites (tertiary alicyclic amines) is 1. The maximum Gasteiger partial charge on any atom is 0.0791 e. The molecule has 18 heavy (non-hydrogen) atoms. The standard InChI is InChI=1S/C14H27N3O/c18-12(11-16-6-1-2-7-16)10-15-13-5-9-17-8-3-4-14(13)17/h12-15,18H,1-11H2. The Balaban J connectivity index is 1.38. The zero-order valence-electron chi connectivity index (χ0n) is 11.4. The highest BCUT2D eigenvalue weighted by atomic mass is 16.3. The molecule has 3 heterocycles. The normalized spacial score (nSPS) is 35.2. The van der Waals surface area contributed by atoms with E-state index in [0.29, 0.717) is 6.04 Å². The molecule has 3 saturated heterocycles. The number of hydrogen-bond donors (Lipinski definition) is 2. The van der Waals surface area contributed by atoms with Crippen LogP contribution in [0.3, 0.4) is 0 Å². The van der Waals surface area contributed by atoms with Crippen molar-refractivity contribution in [3.8, 4) is 0 Å². The van der Waals surface area contributed by atoms with E-state index in [9.17, 15) is 5.11 Å². The topological polar surface area (TPSA) is 38.7 Å². The van der Waals surface area contributed by atoms with Crippen molar-refractivity contribution in [2.24, 2.45) is 0 Å². The molecule has 3 aliphatic heterocycles. The Morgan fingerprint density at radius 1 is 1.06 bits per heavy atom. The van der Waals surface area contributed by atoms with Gasteiger partial charge in [-0.3, -0.25) is 4.90 Å². The molecular weight excluding hydrogens is 226 g/mol.